The van der Waals surface area contributed by atoms with Crippen LogP contribution in [-0.4, -0.2) is 29.2 Å². The maximum atomic E-state index is 12.0. The largest absolute Gasteiger partial charge is 0.345 e. The minimum absolute atomic E-state index is 0.187. The van der Waals surface area contributed by atoms with E-state index in [9.17, 15) is 4.79 Å². The molecule has 94 valence electrons. The Morgan fingerprint density at radius 3 is 2.65 bits per heavy atom. The van der Waals surface area contributed by atoms with Crippen molar-refractivity contribution in [2.45, 2.75) is 31.5 Å². The Labute approximate surface area is 112 Å². The Balaban J connectivity index is 2.52. The Bertz CT molecular complexity index is 376. The molecule has 1 rings (SSSR count). The molecule has 3 heteroatoms. The third-order valence-electron chi connectivity index (χ3n) is 2.89. The summed E-state index contributed by atoms with van der Waals surface area (Å²) in [6.45, 7) is 4.94. The van der Waals surface area contributed by atoms with E-state index in [0.717, 1.165) is 18.5 Å². The minimum Gasteiger partial charge on any atom is -0.345 e. The highest BCUT2D eigenvalue weighted by Crippen LogP contribution is 2.10. The maximum Gasteiger partial charge on any atom is 0.226 e. The van der Waals surface area contributed by atoms with Gasteiger partial charge in [0.05, 0.1) is 6.42 Å². The van der Waals surface area contributed by atoms with Crippen molar-refractivity contribution < 1.29 is 4.79 Å². The molecule has 1 unspecified atom stereocenters. The van der Waals surface area contributed by atoms with Gasteiger partial charge in [-0.05, 0) is 24.5 Å². The summed E-state index contributed by atoms with van der Waals surface area (Å²) in [5.41, 5.74) is 2.30. The molecule has 0 N–H and O–H groups in total. The first-order chi connectivity index (χ1) is 8.00. The van der Waals surface area contributed by atoms with Crippen molar-refractivity contribution in [3.63, 3.8) is 0 Å². The zero-order chi connectivity index (χ0) is 12.8. The first kappa shape index (κ1) is 14.2. The highest BCUT2D eigenvalue weighted by Gasteiger charge is 2.11. The Kier molecular flexibility index (Phi) is 5.69. The fourth-order valence-corrected chi connectivity index (χ4v) is 1.81. The smallest absolute Gasteiger partial charge is 0.226 e. The molecule has 1 aromatic carbocycles. The number of hydrogen-bond donors (Lipinski definition) is 0. The van der Waals surface area contributed by atoms with Gasteiger partial charge < -0.3 is 4.90 Å². The average Bonchev–Trinajstić information content (AvgIpc) is 2.28. The van der Waals surface area contributed by atoms with Crippen LogP contribution in [0.4, 0.5) is 0 Å². The summed E-state index contributed by atoms with van der Waals surface area (Å²) in [6.07, 6.45) is 1.48. The summed E-state index contributed by atoms with van der Waals surface area (Å²) in [5, 5.41) is 0. The van der Waals surface area contributed by atoms with Gasteiger partial charge in [-0.2, -0.15) is 0 Å². The second kappa shape index (κ2) is 6.80. The number of nitrogens with zero attached hydrogens (tertiary/aromatic N) is 1. The molecule has 1 amide bonds. The Hall–Kier alpha value is -0.830. The third kappa shape index (κ3) is 4.90. The highest BCUT2D eigenvalue weighted by molar-refractivity contribution is 9.09. The molecule has 0 saturated heterocycles. The van der Waals surface area contributed by atoms with Gasteiger partial charge in [0.2, 0.25) is 5.91 Å². The van der Waals surface area contributed by atoms with Crippen LogP contribution in [0.1, 0.15) is 24.5 Å². The van der Waals surface area contributed by atoms with Crippen LogP contribution in [0.15, 0.2) is 24.3 Å². The zero-order valence-corrected chi connectivity index (χ0v) is 12.3. The van der Waals surface area contributed by atoms with Gasteiger partial charge in [-0.25, -0.2) is 0 Å². The first-order valence-electron chi connectivity index (χ1n) is 5.93. The van der Waals surface area contributed by atoms with Gasteiger partial charge in [-0.15, -0.1) is 0 Å². The lowest BCUT2D eigenvalue weighted by Gasteiger charge is -2.18. The summed E-state index contributed by atoms with van der Waals surface area (Å²) in [7, 11) is 1.87. The summed E-state index contributed by atoms with van der Waals surface area (Å²) >= 11 is 3.49. The van der Waals surface area contributed by atoms with E-state index in [1.165, 1.54) is 5.56 Å². The van der Waals surface area contributed by atoms with Crippen molar-refractivity contribution >= 4 is 21.8 Å². The number of hydrogen-bond acceptors (Lipinski definition) is 1. The number of benzene rings is 1. The Morgan fingerprint density at radius 2 is 2.06 bits per heavy atom. The first-order valence-corrected chi connectivity index (χ1v) is 6.85. The molecule has 1 aromatic rings. The quantitative estimate of drug-likeness (QED) is 0.765. The van der Waals surface area contributed by atoms with E-state index in [1.807, 2.05) is 43.1 Å². The van der Waals surface area contributed by atoms with Crippen molar-refractivity contribution in [2.75, 3.05) is 13.6 Å². The molecule has 0 spiro atoms. The molecule has 0 radical (unpaired) electrons. The summed E-state index contributed by atoms with van der Waals surface area (Å²) in [5.74, 6) is 0.187. The molecular weight excluding hydrogens is 278 g/mol. The SMILES string of the molecule is Cc1ccccc1CC(=O)N(C)CCC(C)Br. The molecule has 0 aromatic heterocycles. The third-order valence-corrected chi connectivity index (χ3v) is 3.35. The second-order valence-corrected chi connectivity index (χ2v) is 6.05. The van der Waals surface area contributed by atoms with Gasteiger partial charge in [-0.1, -0.05) is 47.1 Å². The summed E-state index contributed by atoms with van der Waals surface area (Å²) < 4.78 is 0. The molecule has 0 bridgehead atoms. The molecule has 1 atom stereocenters. The van der Waals surface area contributed by atoms with Gasteiger partial charge in [0.1, 0.15) is 0 Å². The summed E-state index contributed by atoms with van der Waals surface area (Å²) in [6, 6.07) is 8.05. The van der Waals surface area contributed by atoms with Crippen molar-refractivity contribution in [3.8, 4) is 0 Å². The number of amides is 1. The molecule has 0 aliphatic carbocycles. The van der Waals surface area contributed by atoms with E-state index in [-0.39, 0.29) is 5.91 Å². The predicted molar refractivity (Wildman–Crippen MR) is 75.5 cm³/mol. The van der Waals surface area contributed by atoms with E-state index < -0.39 is 0 Å². The van der Waals surface area contributed by atoms with Crippen LogP contribution in [0.25, 0.3) is 0 Å². The van der Waals surface area contributed by atoms with E-state index in [4.69, 9.17) is 0 Å². The number of alkyl halides is 1. The zero-order valence-electron chi connectivity index (χ0n) is 10.7. The lowest BCUT2D eigenvalue weighted by molar-refractivity contribution is -0.129. The van der Waals surface area contributed by atoms with Crippen molar-refractivity contribution in [1.29, 1.82) is 0 Å². The molecule has 17 heavy (non-hydrogen) atoms. The molecule has 0 saturated carbocycles. The molecule has 0 heterocycles. The molecule has 0 aliphatic heterocycles. The normalized spacial score (nSPS) is 12.2. The molecular formula is C14H20BrNO. The average molecular weight is 298 g/mol. The number of aryl methyl sites for hydroxylation is 1. The number of carbonyl (C=O) groups is 1. The fourth-order valence-electron chi connectivity index (χ4n) is 1.60. The van der Waals surface area contributed by atoms with Crippen molar-refractivity contribution in [2.24, 2.45) is 0 Å². The van der Waals surface area contributed by atoms with Crippen molar-refractivity contribution in [3.05, 3.63) is 35.4 Å². The van der Waals surface area contributed by atoms with Crippen LogP contribution in [0.2, 0.25) is 0 Å². The van der Waals surface area contributed by atoms with Crippen LogP contribution in [0.3, 0.4) is 0 Å². The van der Waals surface area contributed by atoms with E-state index in [0.29, 0.717) is 11.2 Å². The lowest BCUT2D eigenvalue weighted by Crippen LogP contribution is -2.30. The fraction of sp³-hybridized carbons (Fsp3) is 0.500. The van der Waals surface area contributed by atoms with E-state index in [2.05, 4.69) is 22.9 Å². The number of carbonyl (C=O) groups excluding carboxylic acids is 1. The van der Waals surface area contributed by atoms with Gasteiger partial charge in [0, 0.05) is 18.4 Å². The number of halogens is 1. The topological polar surface area (TPSA) is 20.3 Å². The molecule has 0 aliphatic rings. The lowest BCUT2D eigenvalue weighted by atomic mass is 10.1. The van der Waals surface area contributed by atoms with Gasteiger partial charge in [0.15, 0.2) is 0 Å². The predicted octanol–water partition coefficient (Wildman–Crippen LogP) is 3.17. The van der Waals surface area contributed by atoms with Crippen LogP contribution in [-0.2, 0) is 11.2 Å². The monoisotopic (exact) mass is 297 g/mol. The van der Waals surface area contributed by atoms with Crippen molar-refractivity contribution in [1.82, 2.24) is 4.90 Å². The van der Waals surface area contributed by atoms with E-state index >= 15 is 0 Å². The standard InChI is InChI=1S/C14H20BrNO/c1-11-6-4-5-7-13(11)10-14(17)16(3)9-8-12(2)15/h4-7,12H,8-10H2,1-3H3. The minimum atomic E-state index is 0.187. The summed E-state index contributed by atoms with van der Waals surface area (Å²) in [4.78, 5) is 14.3. The van der Waals surface area contributed by atoms with Crippen LogP contribution < -0.4 is 0 Å². The number of likely N-dealkylation sites (N-methyl/N-ethyl adjacent to an activating group) is 1. The highest BCUT2D eigenvalue weighted by atomic mass is 79.9. The second-order valence-electron chi connectivity index (χ2n) is 4.49. The van der Waals surface area contributed by atoms with Gasteiger partial charge >= 0.3 is 0 Å². The van der Waals surface area contributed by atoms with Crippen LogP contribution in [0, 0.1) is 6.92 Å². The number of rotatable bonds is 5. The van der Waals surface area contributed by atoms with Gasteiger partial charge in [-0.3, -0.25) is 4.79 Å². The van der Waals surface area contributed by atoms with Crippen LogP contribution in [0.5, 0.6) is 0 Å². The van der Waals surface area contributed by atoms with E-state index in [1.54, 1.807) is 0 Å². The maximum absolute atomic E-state index is 12.0. The van der Waals surface area contributed by atoms with Gasteiger partial charge in [0.25, 0.3) is 0 Å². The Morgan fingerprint density at radius 1 is 1.41 bits per heavy atom. The molecule has 0 fully saturated rings. The molecule has 2 nitrogen and oxygen atoms in total. The van der Waals surface area contributed by atoms with Crippen LogP contribution >= 0.6 is 15.9 Å².